The van der Waals surface area contributed by atoms with Crippen molar-refractivity contribution in [1.29, 1.82) is 5.26 Å². The van der Waals surface area contributed by atoms with Crippen LogP contribution >= 0.6 is 11.8 Å². The lowest BCUT2D eigenvalue weighted by Gasteiger charge is -2.03. The lowest BCUT2D eigenvalue weighted by atomic mass is 10.2. The average Bonchev–Trinajstić information content (AvgIpc) is 2.41. The van der Waals surface area contributed by atoms with Gasteiger partial charge in [0.2, 0.25) is 0 Å². The van der Waals surface area contributed by atoms with Gasteiger partial charge >= 0.3 is 0 Å². The van der Waals surface area contributed by atoms with Gasteiger partial charge < -0.3 is 0 Å². The molecule has 0 fully saturated rings. The van der Waals surface area contributed by atoms with E-state index in [-0.39, 0.29) is 5.69 Å². The largest absolute Gasteiger partial charge is 0.272 e. The van der Waals surface area contributed by atoms with Gasteiger partial charge in [-0.25, -0.2) is 4.39 Å². The fourth-order valence-corrected chi connectivity index (χ4v) is 2.23. The second-order valence-corrected chi connectivity index (χ2v) is 4.73. The number of hydrogen-bond donors (Lipinski definition) is 0. The predicted octanol–water partition coefficient (Wildman–Crippen LogP) is 3.76. The molecule has 0 saturated carbocycles. The molecular weight excluding hydrogens is 267 g/mol. The van der Waals surface area contributed by atoms with Gasteiger partial charge in [0.25, 0.3) is 5.69 Å². The first-order valence-corrected chi connectivity index (χ1v) is 6.04. The Kier molecular flexibility index (Phi) is 3.78. The normalized spacial score (nSPS) is 9.89. The zero-order valence-corrected chi connectivity index (χ0v) is 10.4. The molecule has 0 heterocycles. The molecule has 0 aromatic heterocycles. The van der Waals surface area contributed by atoms with Crippen LogP contribution in [0, 0.1) is 27.3 Å². The number of nitro benzene ring substituents is 1. The van der Waals surface area contributed by atoms with E-state index in [1.165, 1.54) is 12.1 Å². The predicted molar refractivity (Wildman–Crippen MR) is 68.3 cm³/mol. The van der Waals surface area contributed by atoms with E-state index in [9.17, 15) is 14.5 Å². The van der Waals surface area contributed by atoms with E-state index in [2.05, 4.69) is 0 Å². The number of hydrogen-bond acceptors (Lipinski definition) is 4. The summed E-state index contributed by atoms with van der Waals surface area (Å²) in [6.45, 7) is 0. The molecule has 4 nitrogen and oxygen atoms in total. The molecule has 0 amide bonds. The van der Waals surface area contributed by atoms with Crippen molar-refractivity contribution >= 4 is 17.4 Å². The molecule has 0 aliphatic carbocycles. The number of nitrogens with zero attached hydrogens (tertiary/aromatic N) is 2. The third kappa shape index (κ3) is 3.09. The van der Waals surface area contributed by atoms with Crippen molar-refractivity contribution in [2.75, 3.05) is 0 Å². The van der Waals surface area contributed by atoms with Crippen LogP contribution in [0.25, 0.3) is 0 Å². The molecule has 94 valence electrons. The van der Waals surface area contributed by atoms with Gasteiger partial charge in [0.1, 0.15) is 5.82 Å². The topological polar surface area (TPSA) is 66.9 Å². The van der Waals surface area contributed by atoms with E-state index in [0.29, 0.717) is 10.5 Å². The zero-order chi connectivity index (χ0) is 13.8. The minimum atomic E-state index is -0.640. The Labute approximate surface area is 112 Å². The first-order valence-electron chi connectivity index (χ1n) is 5.22. The highest BCUT2D eigenvalue weighted by molar-refractivity contribution is 7.99. The molecule has 0 unspecified atom stereocenters. The minimum Gasteiger partial charge on any atom is -0.258 e. The molecule has 2 rings (SSSR count). The number of non-ortho nitro benzene ring substituents is 1. The van der Waals surface area contributed by atoms with Crippen LogP contribution in [0.3, 0.4) is 0 Å². The van der Waals surface area contributed by atoms with Gasteiger partial charge in [-0.1, -0.05) is 11.8 Å². The summed E-state index contributed by atoms with van der Waals surface area (Å²) < 4.78 is 13.7. The first kappa shape index (κ1) is 13.1. The Morgan fingerprint density at radius 2 is 1.89 bits per heavy atom. The molecular formula is C13H7FN2O2S. The number of nitriles is 1. The molecule has 0 bridgehead atoms. The fraction of sp³-hybridized carbons (Fsp3) is 0. The summed E-state index contributed by atoms with van der Waals surface area (Å²) in [7, 11) is 0. The molecule has 0 radical (unpaired) electrons. The standard InChI is InChI=1S/C13H7FN2O2S/c14-12-7-10(16(17)18)3-6-13(12)19-11-4-1-9(8-15)2-5-11/h1-7H. The monoisotopic (exact) mass is 274 g/mol. The Morgan fingerprint density at radius 3 is 2.42 bits per heavy atom. The van der Waals surface area contributed by atoms with Crippen molar-refractivity contribution in [3.8, 4) is 6.07 Å². The number of rotatable bonds is 3. The Hall–Kier alpha value is -2.39. The summed E-state index contributed by atoms with van der Waals surface area (Å²) >= 11 is 1.15. The molecule has 0 aliphatic heterocycles. The Bertz CT molecular complexity index is 665. The molecule has 0 atom stereocenters. The lowest BCUT2D eigenvalue weighted by molar-refractivity contribution is -0.385. The highest BCUT2D eigenvalue weighted by Crippen LogP contribution is 2.31. The van der Waals surface area contributed by atoms with Gasteiger partial charge in [-0.2, -0.15) is 5.26 Å². The first-order chi connectivity index (χ1) is 9.10. The van der Waals surface area contributed by atoms with Crippen LogP contribution in [-0.4, -0.2) is 4.92 Å². The minimum absolute atomic E-state index is 0.276. The van der Waals surface area contributed by atoms with Crippen LogP contribution in [0.15, 0.2) is 52.3 Å². The Morgan fingerprint density at radius 1 is 1.21 bits per heavy atom. The molecule has 0 spiro atoms. The van der Waals surface area contributed by atoms with Crippen molar-refractivity contribution in [2.45, 2.75) is 9.79 Å². The molecule has 0 aliphatic rings. The number of nitro groups is 1. The quantitative estimate of drug-likeness (QED) is 0.631. The van der Waals surface area contributed by atoms with E-state index < -0.39 is 10.7 Å². The van der Waals surface area contributed by atoms with Gasteiger partial charge in [0.05, 0.1) is 22.6 Å². The zero-order valence-electron chi connectivity index (χ0n) is 9.54. The fourth-order valence-electron chi connectivity index (χ4n) is 1.41. The van der Waals surface area contributed by atoms with Crippen molar-refractivity contribution in [2.24, 2.45) is 0 Å². The SMILES string of the molecule is N#Cc1ccc(Sc2ccc([N+](=O)[O-])cc2F)cc1. The smallest absolute Gasteiger partial charge is 0.258 e. The summed E-state index contributed by atoms with van der Waals surface area (Å²) in [5, 5.41) is 19.2. The molecule has 2 aromatic rings. The van der Waals surface area contributed by atoms with Crippen molar-refractivity contribution in [1.82, 2.24) is 0 Å². The second kappa shape index (κ2) is 5.50. The van der Waals surface area contributed by atoms with Crippen molar-refractivity contribution in [3.05, 3.63) is 64.0 Å². The van der Waals surface area contributed by atoms with Crippen molar-refractivity contribution < 1.29 is 9.31 Å². The highest BCUT2D eigenvalue weighted by Gasteiger charge is 2.11. The molecule has 19 heavy (non-hydrogen) atoms. The maximum atomic E-state index is 13.7. The third-order valence-electron chi connectivity index (χ3n) is 2.34. The Balaban J connectivity index is 2.23. The van der Waals surface area contributed by atoms with E-state index in [0.717, 1.165) is 22.7 Å². The van der Waals surface area contributed by atoms with Gasteiger partial charge in [-0.15, -0.1) is 0 Å². The van der Waals surface area contributed by atoms with Gasteiger partial charge in [0, 0.05) is 15.9 Å². The van der Waals surface area contributed by atoms with Crippen LogP contribution in [0.5, 0.6) is 0 Å². The van der Waals surface area contributed by atoms with Crippen LogP contribution in [-0.2, 0) is 0 Å². The van der Waals surface area contributed by atoms with Crippen LogP contribution < -0.4 is 0 Å². The van der Waals surface area contributed by atoms with Gasteiger partial charge in [-0.05, 0) is 30.3 Å². The summed E-state index contributed by atoms with van der Waals surface area (Å²) in [6, 6.07) is 12.2. The summed E-state index contributed by atoms with van der Waals surface area (Å²) in [5.74, 6) is -0.636. The third-order valence-corrected chi connectivity index (χ3v) is 3.40. The average molecular weight is 274 g/mol. The highest BCUT2D eigenvalue weighted by atomic mass is 32.2. The van der Waals surface area contributed by atoms with E-state index in [1.807, 2.05) is 6.07 Å². The van der Waals surface area contributed by atoms with Crippen LogP contribution in [0.2, 0.25) is 0 Å². The molecule has 0 saturated heterocycles. The van der Waals surface area contributed by atoms with Crippen LogP contribution in [0.4, 0.5) is 10.1 Å². The number of benzene rings is 2. The van der Waals surface area contributed by atoms with E-state index in [1.54, 1.807) is 24.3 Å². The summed E-state index contributed by atoms with van der Waals surface area (Å²) in [4.78, 5) is 10.9. The maximum absolute atomic E-state index is 13.7. The van der Waals surface area contributed by atoms with E-state index in [4.69, 9.17) is 5.26 Å². The molecule has 0 N–H and O–H groups in total. The van der Waals surface area contributed by atoms with Gasteiger partial charge in [-0.3, -0.25) is 10.1 Å². The number of halogens is 1. The molecule has 6 heteroatoms. The second-order valence-electron chi connectivity index (χ2n) is 3.61. The molecule has 2 aromatic carbocycles. The summed E-state index contributed by atoms with van der Waals surface area (Å²) in [6.07, 6.45) is 0. The van der Waals surface area contributed by atoms with Crippen molar-refractivity contribution in [3.63, 3.8) is 0 Å². The maximum Gasteiger partial charge on any atom is 0.272 e. The summed E-state index contributed by atoms with van der Waals surface area (Å²) in [5.41, 5.74) is 0.246. The van der Waals surface area contributed by atoms with Crippen LogP contribution in [0.1, 0.15) is 5.56 Å². The van der Waals surface area contributed by atoms with E-state index >= 15 is 0 Å². The lowest BCUT2D eigenvalue weighted by Crippen LogP contribution is -1.90. The van der Waals surface area contributed by atoms with Gasteiger partial charge in [0.15, 0.2) is 0 Å².